The lowest BCUT2D eigenvalue weighted by atomic mass is 10.2. The van der Waals surface area contributed by atoms with E-state index in [1.165, 1.54) is 50.5 Å². The largest absolute Gasteiger partial charge is 0.315 e. The van der Waals surface area contributed by atoms with Crippen molar-refractivity contribution >= 4 is 11.8 Å². The molecule has 2 heterocycles. The van der Waals surface area contributed by atoms with Crippen LogP contribution >= 0.6 is 11.8 Å². The minimum absolute atomic E-state index is 0.898. The van der Waals surface area contributed by atoms with E-state index in [9.17, 15) is 0 Å². The molecule has 2 rings (SSSR count). The van der Waals surface area contributed by atoms with Crippen molar-refractivity contribution in [3.8, 4) is 0 Å². The van der Waals surface area contributed by atoms with Gasteiger partial charge in [-0.25, -0.2) is 0 Å². The predicted octanol–water partition coefficient (Wildman–Crippen LogP) is 0.787. The number of rotatable bonds is 1. The molecule has 70 valence electrons. The summed E-state index contributed by atoms with van der Waals surface area (Å²) in [5.41, 5.74) is 0. The quantitative estimate of drug-likeness (QED) is 0.652. The maximum atomic E-state index is 3.45. The van der Waals surface area contributed by atoms with Gasteiger partial charge >= 0.3 is 0 Å². The smallest absolute Gasteiger partial charge is 0.0194 e. The van der Waals surface area contributed by atoms with Gasteiger partial charge in [-0.1, -0.05) is 0 Å². The molecule has 0 spiro atoms. The molecule has 1 unspecified atom stereocenters. The summed E-state index contributed by atoms with van der Waals surface area (Å²) in [6, 6.07) is 0.898. The fraction of sp³-hybridized carbons (Fsp3) is 1.00. The first-order valence-electron chi connectivity index (χ1n) is 4.99. The molecule has 2 fully saturated rings. The van der Waals surface area contributed by atoms with Crippen LogP contribution < -0.4 is 5.32 Å². The van der Waals surface area contributed by atoms with Gasteiger partial charge in [0.05, 0.1) is 0 Å². The Balaban J connectivity index is 1.83. The summed E-state index contributed by atoms with van der Waals surface area (Å²) in [5.74, 6) is 2.76. The van der Waals surface area contributed by atoms with Gasteiger partial charge in [0, 0.05) is 24.9 Å². The summed E-state index contributed by atoms with van der Waals surface area (Å²) in [7, 11) is 0. The van der Waals surface area contributed by atoms with Crippen molar-refractivity contribution in [2.24, 2.45) is 0 Å². The maximum Gasteiger partial charge on any atom is 0.0194 e. The van der Waals surface area contributed by atoms with E-state index in [-0.39, 0.29) is 0 Å². The highest BCUT2D eigenvalue weighted by atomic mass is 32.2. The van der Waals surface area contributed by atoms with Gasteiger partial charge in [0.25, 0.3) is 0 Å². The monoisotopic (exact) mass is 186 g/mol. The Labute approximate surface area is 79.1 Å². The molecule has 2 saturated heterocycles. The van der Waals surface area contributed by atoms with Crippen molar-refractivity contribution in [2.75, 3.05) is 37.7 Å². The summed E-state index contributed by atoms with van der Waals surface area (Å²) in [6.07, 6.45) is 2.76. The highest BCUT2D eigenvalue weighted by molar-refractivity contribution is 7.99. The molecule has 0 amide bonds. The molecule has 2 aliphatic heterocycles. The molecule has 1 N–H and O–H groups in total. The van der Waals surface area contributed by atoms with E-state index in [2.05, 4.69) is 22.0 Å². The fourth-order valence-corrected chi connectivity index (χ4v) is 3.30. The molecule has 2 aliphatic rings. The number of nitrogens with one attached hydrogen (secondary N) is 1. The van der Waals surface area contributed by atoms with E-state index >= 15 is 0 Å². The number of thioether (sulfide) groups is 1. The molecule has 3 heteroatoms. The van der Waals surface area contributed by atoms with Gasteiger partial charge in [-0.05, 0) is 31.7 Å². The predicted molar refractivity (Wildman–Crippen MR) is 54.8 cm³/mol. The van der Waals surface area contributed by atoms with Crippen LogP contribution in [-0.2, 0) is 0 Å². The Morgan fingerprint density at radius 1 is 1.25 bits per heavy atom. The third-order valence-electron chi connectivity index (χ3n) is 2.80. The molecule has 2 nitrogen and oxygen atoms in total. The highest BCUT2D eigenvalue weighted by Gasteiger charge is 2.22. The topological polar surface area (TPSA) is 15.3 Å². The lowest BCUT2D eigenvalue weighted by Crippen LogP contribution is -2.37. The first-order valence-corrected chi connectivity index (χ1v) is 6.15. The second kappa shape index (κ2) is 4.49. The summed E-state index contributed by atoms with van der Waals surface area (Å²) in [5, 5.41) is 3.45. The van der Waals surface area contributed by atoms with Crippen molar-refractivity contribution in [1.82, 2.24) is 10.2 Å². The Kier molecular flexibility index (Phi) is 3.31. The zero-order valence-electron chi connectivity index (χ0n) is 7.59. The first kappa shape index (κ1) is 8.85. The van der Waals surface area contributed by atoms with Crippen LogP contribution in [0.1, 0.15) is 12.8 Å². The molecule has 0 bridgehead atoms. The standard InChI is InChI=1S/C9H18N2S/c1-3-10-4-6-11(5-1)9-2-7-12-8-9/h9-10H,1-8H2. The minimum Gasteiger partial charge on any atom is -0.315 e. The molecule has 0 aliphatic carbocycles. The van der Waals surface area contributed by atoms with Crippen LogP contribution in [-0.4, -0.2) is 48.6 Å². The Morgan fingerprint density at radius 2 is 2.25 bits per heavy atom. The average molecular weight is 186 g/mol. The van der Waals surface area contributed by atoms with Crippen molar-refractivity contribution in [3.63, 3.8) is 0 Å². The fourth-order valence-electron chi connectivity index (χ4n) is 2.04. The van der Waals surface area contributed by atoms with Crippen molar-refractivity contribution in [3.05, 3.63) is 0 Å². The van der Waals surface area contributed by atoms with Gasteiger partial charge in [0.15, 0.2) is 0 Å². The van der Waals surface area contributed by atoms with Crippen molar-refractivity contribution in [2.45, 2.75) is 18.9 Å². The van der Waals surface area contributed by atoms with E-state index in [0.29, 0.717) is 0 Å². The van der Waals surface area contributed by atoms with Gasteiger partial charge in [-0.2, -0.15) is 11.8 Å². The van der Waals surface area contributed by atoms with E-state index < -0.39 is 0 Å². The molecule has 0 aromatic heterocycles. The first-order chi connectivity index (χ1) is 5.97. The van der Waals surface area contributed by atoms with Crippen LogP contribution in [0.15, 0.2) is 0 Å². The van der Waals surface area contributed by atoms with E-state index in [1.807, 2.05) is 0 Å². The minimum atomic E-state index is 0.898. The molecule has 1 atom stereocenters. The lowest BCUT2D eigenvalue weighted by Gasteiger charge is -2.25. The Morgan fingerprint density at radius 3 is 3.08 bits per heavy atom. The van der Waals surface area contributed by atoms with Crippen LogP contribution in [0, 0.1) is 0 Å². The average Bonchev–Trinajstić information content (AvgIpc) is 2.48. The zero-order valence-corrected chi connectivity index (χ0v) is 8.41. The van der Waals surface area contributed by atoms with Crippen LogP contribution in [0.3, 0.4) is 0 Å². The third-order valence-corrected chi connectivity index (χ3v) is 3.94. The van der Waals surface area contributed by atoms with E-state index in [1.54, 1.807) is 0 Å². The normalized spacial score (nSPS) is 33.5. The highest BCUT2D eigenvalue weighted by Crippen LogP contribution is 2.22. The van der Waals surface area contributed by atoms with Crippen LogP contribution in [0.25, 0.3) is 0 Å². The van der Waals surface area contributed by atoms with Crippen LogP contribution in [0.5, 0.6) is 0 Å². The number of hydrogen-bond donors (Lipinski definition) is 1. The number of nitrogens with zero attached hydrogens (tertiary/aromatic N) is 1. The third kappa shape index (κ3) is 2.15. The van der Waals surface area contributed by atoms with Crippen molar-refractivity contribution < 1.29 is 0 Å². The second-order valence-corrected chi connectivity index (χ2v) is 4.81. The van der Waals surface area contributed by atoms with Gasteiger partial charge in [-0.3, -0.25) is 4.90 Å². The SMILES string of the molecule is C1CNCCN(C2CCSC2)C1. The van der Waals surface area contributed by atoms with Crippen molar-refractivity contribution in [1.29, 1.82) is 0 Å². The summed E-state index contributed by atoms with van der Waals surface area (Å²) in [6.45, 7) is 5.00. The Bertz CT molecular complexity index is 126. The Hall–Kier alpha value is 0.270. The molecule has 0 aromatic rings. The molecule has 0 saturated carbocycles. The van der Waals surface area contributed by atoms with Gasteiger partial charge in [0.2, 0.25) is 0 Å². The summed E-state index contributed by atoms with van der Waals surface area (Å²) >= 11 is 2.12. The van der Waals surface area contributed by atoms with Crippen LogP contribution in [0.4, 0.5) is 0 Å². The van der Waals surface area contributed by atoms with Gasteiger partial charge < -0.3 is 5.32 Å². The number of hydrogen-bond acceptors (Lipinski definition) is 3. The molecule has 12 heavy (non-hydrogen) atoms. The molecule has 0 radical (unpaired) electrons. The van der Waals surface area contributed by atoms with Gasteiger partial charge in [-0.15, -0.1) is 0 Å². The second-order valence-electron chi connectivity index (χ2n) is 3.66. The molecule has 0 aromatic carbocycles. The summed E-state index contributed by atoms with van der Waals surface area (Å²) < 4.78 is 0. The zero-order chi connectivity index (χ0) is 8.23. The summed E-state index contributed by atoms with van der Waals surface area (Å²) in [4.78, 5) is 2.68. The van der Waals surface area contributed by atoms with E-state index in [0.717, 1.165) is 6.04 Å². The van der Waals surface area contributed by atoms with Gasteiger partial charge in [0.1, 0.15) is 0 Å². The van der Waals surface area contributed by atoms with Crippen LogP contribution in [0.2, 0.25) is 0 Å². The van der Waals surface area contributed by atoms with E-state index in [4.69, 9.17) is 0 Å². The lowest BCUT2D eigenvalue weighted by molar-refractivity contribution is 0.227. The molecular formula is C9H18N2S. The maximum absolute atomic E-state index is 3.45. The molecular weight excluding hydrogens is 168 g/mol.